The Morgan fingerprint density at radius 2 is 2.36 bits per heavy atom. The highest BCUT2D eigenvalue weighted by atomic mass is 16.5. The minimum atomic E-state index is -0.0901. The van der Waals surface area contributed by atoms with Gasteiger partial charge in [0, 0.05) is 31.8 Å². The van der Waals surface area contributed by atoms with Crippen molar-refractivity contribution in [3.63, 3.8) is 0 Å². The third kappa shape index (κ3) is 2.33. The Balaban J connectivity index is 2.25. The minimum absolute atomic E-state index is 0.0901. The molecular formula is C16H21N3O3. The smallest absolute Gasteiger partial charge is 0.251 e. The van der Waals surface area contributed by atoms with E-state index in [-0.39, 0.29) is 5.91 Å². The molecule has 1 aliphatic rings. The molecule has 0 radical (unpaired) electrons. The van der Waals surface area contributed by atoms with Gasteiger partial charge >= 0.3 is 0 Å². The second kappa shape index (κ2) is 5.96. The van der Waals surface area contributed by atoms with E-state index in [2.05, 4.69) is 14.9 Å². The fourth-order valence-electron chi connectivity index (χ4n) is 3.04. The van der Waals surface area contributed by atoms with Crippen molar-refractivity contribution < 1.29 is 14.3 Å². The Morgan fingerprint density at radius 1 is 1.55 bits per heavy atom. The molecule has 6 heteroatoms. The lowest BCUT2D eigenvalue weighted by molar-refractivity contribution is 0.0961. The van der Waals surface area contributed by atoms with Gasteiger partial charge in [-0.1, -0.05) is 0 Å². The standard InChI is InChI=1S/C16H21N3O3/c1-10-18-13-9-12(16(20)17-2)11-5-4-7-22-15(11)14(13)19(10)6-8-21-3/h9H,4-8H2,1-3H3,(H,17,20). The Labute approximate surface area is 129 Å². The number of aromatic nitrogens is 2. The van der Waals surface area contributed by atoms with E-state index in [1.165, 1.54) is 0 Å². The number of methoxy groups -OCH3 is 1. The molecule has 0 fully saturated rings. The number of aryl methyl sites for hydroxylation is 1. The van der Waals surface area contributed by atoms with Crippen molar-refractivity contribution in [2.75, 3.05) is 27.4 Å². The summed E-state index contributed by atoms with van der Waals surface area (Å²) in [6.45, 7) is 3.96. The van der Waals surface area contributed by atoms with Gasteiger partial charge in [-0.25, -0.2) is 4.98 Å². The van der Waals surface area contributed by atoms with Crippen molar-refractivity contribution in [3.05, 3.63) is 23.0 Å². The van der Waals surface area contributed by atoms with E-state index >= 15 is 0 Å². The molecule has 1 N–H and O–H groups in total. The summed E-state index contributed by atoms with van der Waals surface area (Å²) in [6.07, 6.45) is 1.77. The molecule has 2 heterocycles. The van der Waals surface area contributed by atoms with Gasteiger partial charge in [-0.3, -0.25) is 4.79 Å². The molecule has 3 rings (SSSR count). The molecule has 6 nitrogen and oxygen atoms in total. The van der Waals surface area contributed by atoms with E-state index in [1.807, 2.05) is 13.0 Å². The zero-order valence-corrected chi connectivity index (χ0v) is 13.2. The van der Waals surface area contributed by atoms with Crippen LogP contribution in [0.5, 0.6) is 5.75 Å². The molecule has 0 saturated carbocycles. The van der Waals surface area contributed by atoms with Gasteiger partial charge in [-0.2, -0.15) is 0 Å². The number of rotatable bonds is 4. The van der Waals surface area contributed by atoms with Gasteiger partial charge in [0.2, 0.25) is 0 Å². The second-order valence-electron chi connectivity index (χ2n) is 5.43. The SMILES string of the molecule is CNC(=O)c1cc2nc(C)n(CCOC)c2c2c1CCCO2. The lowest BCUT2D eigenvalue weighted by Gasteiger charge is -2.21. The fourth-order valence-corrected chi connectivity index (χ4v) is 3.04. The summed E-state index contributed by atoms with van der Waals surface area (Å²) in [7, 11) is 3.33. The van der Waals surface area contributed by atoms with Crippen LogP contribution in [0.15, 0.2) is 6.07 Å². The highest BCUT2D eigenvalue weighted by Crippen LogP contribution is 2.36. The topological polar surface area (TPSA) is 65.4 Å². The van der Waals surface area contributed by atoms with Crippen molar-refractivity contribution in [2.45, 2.75) is 26.3 Å². The predicted octanol–water partition coefficient (Wildman–Crippen LogP) is 1.68. The Hall–Kier alpha value is -2.08. The van der Waals surface area contributed by atoms with Crippen LogP contribution in [0.25, 0.3) is 11.0 Å². The molecule has 0 unspecified atom stereocenters. The number of carbonyl (C=O) groups excluding carboxylic acids is 1. The third-order valence-electron chi connectivity index (χ3n) is 4.09. The number of ether oxygens (including phenoxy) is 2. The van der Waals surface area contributed by atoms with E-state index in [1.54, 1.807) is 14.2 Å². The van der Waals surface area contributed by atoms with Gasteiger partial charge in [-0.15, -0.1) is 0 Å². The van der Waals surface area contributed by atoms with Crippen LogP contribution in [0.3, 0.4) is 0 Å². The lowest BCUT2D eigenvalue weighted by Crippen LogP contribution is -2.22. The third-order valence-corrected chi connectivity index (χ3v) is 4.09. The van der Waals surface area contributed by atoms with Crippen molar-refractivity contribution in [1.29, 1.82) is 0 Å². The van der Waals surface area contributed by atoms with Gasteiger partial charge in [0.05, 0.1) is 18.7 Å². The van der Waals surface area contributed by atoms with E-state index in [0.29, 0.717) is 25.3 Å². The average Bonchev–Trinajstić information content (AvgIpc) is 2.86. The molecule has 0 saturated heterocycles. The fraction of sp³-hybridized carbons (Fsp3) is 0.500. The second-order valence-corrected chi connectivity index (χ2v) is 5.43. The highest BCUT2D eigenvalue weighted by molar-refractivity contribution is 6.01. The molecule has 2 aromatic rings. The molecule has 0 bridgehead atoms. The molecule has 0 spiro atoms. The summed E-state index contributed by atoms with van der Waals surface area (Å²) in [5, 5.41) is 2.70. The Bertz CT molecular complexity index is 721. The van der Waals surface area contributed by atoms with Gasteiger partial charge in [0.1, 0.15) is 17.1 Å². The normalized spacial score (nSPS) is 13.8. The number of fused-ring (bicyclic) bond motifs is 3. The number of amides is 1. The highest BCUT2D eigenvalue weighted by Gasteiger charge is 2.25. The lowest BCUT2D eigenvalue weighted by atomic mass is 9.98. The molecule has 0 atom stereocenters. The van der Waals surface area contributed by atoms with Gasteiger partial charge in [0.25, 0.3) is 5.91 Å². The molecule has 1 amide bonds. The molecular weight excluding hydrogens is 282 g/mol. The maximum absolute atomic E-state index is 12.2. The van der Waals surface area contributed by atoms with Crippen LogP contribution in [0, 0.1) is 6.92 Å². The van der Waals surface area contributed by atoms with Crippen LogP contribution in [-0.4, -0.2) is 42.8 Å². The quantitative estimate of drug-likeness (QED) is 0.933. The first-order valence-corrected chi connectivity index (χ1v) is 7.54. The van der Waals surface area contributed by atoms with Crippen LogP contribution in [0.1, 0.15) is 28.2 Å². The van der Waals surface area contributed by atoms with E-state index in [0.717, 1.165) is 41.0 Å². The summed E-state index contributed by atoms with van der Waals surface area (Å²) < 4.78 is 13.2. The number of hydrogen-bond acceptors (Lipinski definition) is 4. The number of nitrogens with one attached hydrogen (secondary N) is 1. The largest absolute Gasteiger partial charge is 0.491 e. The average molecular weight is 303 g/mol. The minimum Gasteiger partial charge on any atom is -0.491 e. The Kier molecular flexibility index (Phi) is 4.02. The molecule has 1 aromatic carbocycles. The summed E-state index contributed by atoms with van der Waals surface area (Å²) in [5.41, 5.74) is 3.42. The monoisotopic (exact) mass is 303 g/mol. The van der Waals surface area contributed by atoms with Crippen molar-refractivity contribution >= 4 is 16.9 Å². The zero-order valence-electron chi connectivity index (χ0n) is 13.2. The summed E-state index contributed by atoms with van der Waals surface area (Å²) in [4.78, 5) is 16.8. The first-order valence-electron chi connectivity index (χ1n) is 7.54. The van der Waals surface area contributed by atoms with E-state index in [4.69, 9.17) is 9.47 Å². The number of imidazole rings is 1. The summed E-state index contributed by atoms with van der Waals surface area (Å²) in [6, 6.07) is 1.87. The van der Waals surface area contributed by atoms with E-state index in [9.17, 15) is 4.79 Å². The Morgan fingerprint density at radius 3 is 3.09 bits per heavy atom. The molecule has 118 valence electrons. The van der Waals surface area contributed by atoms with Gasteiger partial charge in [-0.05, 0) is 25.8 Å². The molecule has 1 aliphatic heterocycles. The van der Waals surface area contributed by atoms with Crippen molar-refractivity contribution in [2.24, 2.45) is 0 Å². The molecule has 1 aromatic heterocycles. The first-order chi connectivity index (χ1) is 10.7. The maximum Gasteiger partial charge on any atom is 0.251 e. The number of benzene rings is 1. The van der Waals surface area contributed by atoms with Crippen LogP contribution >= 0.6 is 0 Å². The summed E-state index contributed by atoms with van der Waals surface area (Å²) >= 11 is 0. The van der Waals surface area contributed by atoms with Crippen LogP contribution in [-0.2, 0) is 17.7 Å². The van der Waals surface area contributed by atoms with Gasteiger partial charge in [0.15, 0.2) is 0 Å². The molecule has 22 heavy (non-hydrogen) atoms. The summed E-state index contributed by atoms with van der Waals surface area (Å²) in [5.74, 6) is 1.62. The number of carbonyl (C=O) groups is 1. The first kappa shape index (κ1) is 14.8. The predicted molar refractivity (Wildman–Crippen MR) is 83.6 cm³/mol. The maximum atomic E-state index is 12.2. The van der Waals surface area contributed by atoms with Crippen LogP contribution < -0.4 is 10.1 Å². The van der Waals surface area contributed by atoms with Crippen molar-refractivity contribution in [3.8, 4) is 5.75 Å². The van der Waals surface area contributed by atoms with Crippen LogP contribution in [0.2, 0.25) is 0 Å². The zero-order chi connectivity index (χ0) is 15.7. The van der Waals surface area contributed by atoms with Gasteiger partial charge < -0.3 is 19.4 Å². The van der Waals surface area contributed by atoms with Crippen molar-refractivity contribution in [1.82, 2.24) is 14.9 Å². The number of nitrogens with zero attached hydrogens (tertiary/aromatic N) is 2. The number of hydrogen-bond donors (Lipinski definition) is 1. The van der Waals surface area contributed by atoms with Crippen LogP contribution in [0.4, 0.5) is 0 Å². The van der Waals surface area contributed by atoms with E-state index < -0.39 is 0 Å². The molecule has 0 aliphatic carbocycles.